The van der Waals surface area contributed by atoms with Gasteiger partial charge in [-0.2, -0.15) is 0 Å². The van der Waals surface area contributed by atoms with Gasteiger partial charge in [0.2, 0.25) is 0 Å². The fourth-order valence-electron chi connectivity index (χ4n) is 2.04. The molecule has 0 spiro atoms. The zero-order chi connectivity index (χ0) is 12.7. The predicted molar refractivity (Wildman–Crippen MR) is 71.3 cm³/mol. The van der Waals surface area contributed by atoms with E-state index in [4.69, 9.17) is 11.6 Å². The van der Waals surface area contributed by atoms with Crippen LogP contribution in [0.3, 0.4) is 0 Å². The van der Waals surface area contributed by atoms with Crippen LogP contribution in [0.5, 0.6) is 0 Å². The molecule has 0 amide bonds. The van der Waals surface area contributed by atoms with Crippen LogP contribution in [0.4, 0.5) is 0 Å². The maximum Gasteiger partial charge on any atom is 0.140 e. The molecule has 0 aliphatic carbocycles. The molecule has 1 rings (SSSR count). The number of rotatable bonds is 7. The van der Waals surface area contributed by atoms with Crippen molar-refractivity contribution in [3.63, 3.8) is 0 Å². The molecule has 0 aliphatic heterocycles. The minimum Gasteiger partial charge on any atom is -0.299 e. The van der Waals surface area contributed by atoms with E-state index in [2.05, 4.69) is 18.8 Å². The molecule has 0 fully saturated rings. The van der Waals surface area contributed by atoms with E-state index in [1.54, 1.807) is 12.4 Å². The summed E-state index contributed by atoms with van der Waals surface area (Å²) in [6.45, 7) is 4.24. The van der Waals surface area contributed by atoms with E-state index in [0.717, 1.165) is 31.2 Å². The van der Waals surface area contributed by atoms with Crippen molar-refractivity contribution in [1.29, 1.82) is 0 Å². The van der Waals surface area contributed by atoms with Gasteiger partial charge >= 0.3 is 0 Å². The van der Waals surface area contributed by atoms with Crippen molar-refractivity contribution in [3.05, 3.63) is 29.0 Å². The van der Waals surface area contributed by atoms with Gasteiger partial charge < -0.3 is 0 Å². The van der Waals surface area contributed by atoms with Crippen LogP contribution in [0.2, 0.25) is 5.02 Å². The van der Waals surface area contributed by atoms with E-state index in [1.807, 2.05) is 6.07 Å². The third-order valence-corrected chi connectivity index (χ3v) is 3.29. The number of halogens is 1. The lowest BCUT2D eigenvalue weighted by atomic mass is 9.90. The first kappa shape index (κ1) is 14.2. The molecule has 2 nitrogen and oxygen atoms in total. The van der Waals surface area contributed by atoms with Gasteiger partial charge in [-0.1, -0.05) is 38.3 Å². The zero-order valence-electron chi connectivity index (χ0n) is 10.6. The van der Waals surface area contributed by atoms with Gasteiger partial charge in [0.1, 0.15) is 5.78 Å². The van der Waals surface area contributed by atoms with Gasteiger partial charge in [0.15, 0.2) is 0 Å². The first-order valence-corrected chi connectivity index (χ1v) is 6.67. The summed E-state index contributed by atoms with van der Waals surface area (Å²) in [6.07, 6.45) is 7.79. The van der Waals surface area contributed by atoms with Gasteiger partial charge in [-0.25, -0.2) is 0 Å². The Kier molecular flexibility index (Phi) is 6.20. The predicted octanol–water partition coefficient (Wildman–Crippen LogP) is 4.06. The third-order valence-electron chi connectivity index (χ3n) is 2.95. The number of hydrogen-bond acceptors (Lipinski definition) is 2. The van der Waals surface area contributed by atoms with Gasteiger partial charge in [0.05, 0.1) is 5.02 Å². The number of nitrogens with zero attached hydrogens (tertiary/aromatic N) is 1. The molecule has 0 radical (unpaired) electrons. The van der Waals surface area contributed by atoms with E-state index in [9.17, 15) is 4.79 Å². The SMILES string of the molecule is CCCC(CCC)C(=O)Cc1ccncc1Cl. The van der Waals surface area contributed by atoms with Crippen molar-refractivity contribution in [1.82, 2.24) is 4.98 Å². The quantitative estimate of drug-likeness (QED) is 0.733. The van der Waals surface area contributed by atoms with Gasteiger partial charge in [-0.15, -0.1) is 0 Å². The van der Waals surface area contributed by atoms with Crippen molar-refractivity contribution in [3.8, 4) is 0 Å². The molecule has 0 unspecified atom stereocenters. The molecule has 0 saturated heterocycles. The molecule has 94 valence electrons. The zero-order valence-corrected chi connectivity index (χ0v) is 11.3. The molecule has 0 bridgehead atoms. The molecular weight excluding hydrogens is 234 g/mol. The Labute approximate surface area is 108 Å². The summed E-state index contributed by atoms with van der Waals surface area (Å²) in [5, 5.41) is 0.590. The summed E-state index contributed by atoms with van der Waals surface area (Å²) < 4.78 is 0. The van der Waals surface area contributed by atoms with E-state index >= 15 is 0 Å². The van der Waals surface area contributed by atoms with Crippen molar-refractivity contribution in [2.45, 2.75) is 46.0 Å². The molecular formula is C14H20ClNO. The summed E-state index contributed by atoms with van der Waals surface area (Å²) in [5.74, 6) is 0.496. The van der Waals surface area contributed by atoms with Crippen LogP contribution in [-0.4, -0.2) is 10.8 Å². The second-order valence-corrected chi connectivity index (χ2v) is 4.79. The van der Waals surface area contributed by atoms with Crippen LogP contribution in [0, 0.1) is 5.92 Å². The Morgan fingerprint density at radius 3 is 2.53 bits per heavy atom. The van der Waals surface area contributed by atoms with Crippen LogP contribution in [-0.2, 0) is 11.2 Å². The molecule has 0 aromatic carbocycles. The average molecular weight is 254 g/mol. The maximum absolute atomic E-state index is 12.2. The highest BCUT2D eigenvalue weighted by atomic mass is 35.5. The molecule has 3 heteroatoms. The number of ketones is 1. The number of Topliss-reactive ketones (excluding diaryl/α,β-unsaturated/α-hetero) is 1. The van der Waals surface area contributed by atoms with Gasteiger partial charge in [-0.05, 0) is 24.5 Å². The van der Waals surface area contributed by atoms with Crippen molar-refractivity contribution in [2.24, 2.45) is 5.92 Å². The van der Waals surface area contributed by atoms with Crippen molar-refractivity contribution >= 4 is 17.4 Å². The largest absolute Gasteiger partial charge is 0.299 e. The van der Waals surface area contributed by atoms with Gasteiger partial charge in [0, 0.05) is 24.7 Å². The number of pyridine rings is 1. The van der Waals surface area contributed by atoms with E-state index in [-0.39, 0.29) is 5.92 Å². The number of carbonyl (C=O) groups is 1. The average Bonchev–Trinajstić information content (AvgIpc) is 2.32. The number of hydrogen-bond donors (Lipinski definition) is 0. The number of aromatic nitrogens is 1. The van der Waals surface area contributed by atoms with Gasteiger partial charge in [-0.3, -0.25) is 9.78 Å². The smallest absolute Gasteiger partial charge is 0.140 e. The minimum absolute atomic E-state index is 0.189. The molecule has 0 saturated carbocycles. The number of carbonyl (C=O) groups excluding carboxylic acids is 1. The van der Waals surface area contributed by atoms with Crippen LogP contribution in [0.25, 0.3) is 0 Å². The molecule has 0 aliphatic rings. The Hall–Kier alpha value is -0.890. The molecule has 1 aromatic rings. The van der Waals surface area contributed by atoms with E-state index < -0.39 is 0 Å². The monoisotopic (exact) mass is 253 g/mol. The fourth-order valence-corrected chi connectivity index (χ4v) is 2.23. The summed E-state index contributed by atoms with van der Waals surface area (Å²) in [7, 11) is 0. The van der Waals surface area contributed by atoms with Crippen LogP contribution in [0.15, 0.2) is 18.5 Å². The lowest BCUT2D eigenvalue weighted by molar-refractivity contribution is -0.122. The van der Waals surface area contributed by atoms with Crippen molar-refractivity contribution < 1.29 is 4.79 Å². The molecule has 17 heavy (non-hydrogen) atoms. The first-order valence-electron chi connectivity index (χ1n) is 6.30. The topological polar surface area (TPSA) is 30.0 Å². The van der Waals surface area contributed by atoms with E-state index in [1.165, 1.54) is 0 Å². The van der Waals surface area contributed by atoms with Crippen LogP contribution in [0.1, 0.15) is 45.1 Å². The Morgan fingerprint density at radius 2 is 2.00 bits per heavy atom. The standard InChI is InChI=1S/C14H20ClNO/c1-3-5-11(6-4-2)14(17)9-12-7-8-16-10-13(12)15/h7-8,10-11H,3-6,9H2,1-2H3. The third kappa shape index (κ3) is 4.47. The highest BCUT2D eigenvalue weighted by Gasteiger charge is 2.17. The lowest BCUT2D eigenvalue weighted by Crippen LogP contribution is -2.17. The van der Waals surface area contributed by atoms with E-state index in [0.29, 0.717) is 17.2 Å². The second-order valence-electron chi connectivity index (χ2n) is 4.38. The highest BCUT2D eigenvalue weighted by molar-refractivity contribution is 6.31. The van der Waals surface area contributed by atoms with Crippen LogP contribution < -0.4 is 0 Å². The van der Waals surface area contributed by atoms with Crippen molar-refractivity contribution in [2.75, 3.05) is 0 Å². The molecule has 0 atom stereocenters. The minimum atomic E-state index is 0.189. The van der Waals surface area contributed by atoms with Gasteiger partial charge in [0.25, 0.3) is 0 Å². The second kappa shape index (κ2) is 7.44. The summed E-state index contributed by atoms with van der Waals surface area (Å²) in [5.41, 5.74) is 0.892. The lowest BCUT2D eigenvalue weighted by Gasteiger charge is -2.14. The Bertz CT molecular complexity index is 359. The summed E-state index contributed by atoms with van der Waals surface area (Å²) >= 11 is 6.01. The Morgan fingerprint density at radius 1 is 1.35 bits per heavy atom. The highest BCUT2D eigenvalue weighted by Crippen LogP contribution is 2.20. The fraction of sp³-hybridized carbons (Fsp3) is 0.571. The normalized spacial score (nSPS) is 10.8. The van der Waals surface area contributed by atoms with Crippen LogP contribution >= 0.6 is 11.6 Å². The molecule has 1 heterocycles. The summed E-state index contributed by atoms with van der Waals surface area (Å²) in [6, 6.07) is 1.83. The first-order chi connectivity index (χ1) is 8.19. The molecule has 0 N–H and O–H groups in total. The maximum atomic E-state index is 12.2. The molecule has 1 aromatic heterocycles. The Balaban J connectivity index is 2.66. The summed E-state index contributed by atoms with van der Waals surface area (Å²) in [4.78, 5) is 16.1.